The Morgan fingerprint density at radius 1 is 1.50 bits per heavy atom. The van der Waals surface area contributed by atoms with Crippen molar-refractivity contribution in [1.29, 1.82) is 0 Å². The van der Waals surface area contributed by atoms with Gasteiger partial charge in [0.15, 0.2) is 6.10 Å². The molecule has 1 aromatic carbocycles. The summed E-state index contributed by atoms with van der Waals surface area (Å²) in [6, 6.07) is 7.95. The lowest BCUT2D eigenvalue weighted by atomic mass is 10.1. The van der Waals surface area contributed by atoms with E-state index in [1.807, 2.05) is 31.2 Å². The fourth-order valence-corrected chi connectivity index (χ4v) is 1.51. The molecular formula is C11H12O3. The Kier molecular flexibility index (Phi) is 2.25. The van der Waals surface area contributed by atoms with Gasteiger partial charge in [0, 0.05) is 0 Å². The van der Waals surface area contributed by atoms with Gasteiger partial charge in [-0.15, -0.1) is 0 Å². The highest BCUT2D eigenvalue weighted by molar-refractivity contribution is 5.78. The molecule has 0 unspecified atom stereocenters. The maximum atomic E-state index is 11.1. The molecule has 74 valence electrons. The predicted octanol–water partition coefficient (Wildman–Crippen LogP) is 1.61. The summed E-state index contributed by atoms with van der Waals surface area (Å²) in [7, 11) is 1.37. The van der Waals surface area contributed by atoms with E-state index >= 15 is 0 Å². The summed E-state index contributed by atoms with van der Waals surface area (Å²) in [5.41, 5.74) is 2.21. The lowest BCUT2D eigenvalue weighted by molar-refractivity contribution is -0.142. The minimum absolute atomic E-state index is 0.109. The topological polar surface area (TPSA) is 38.8 Å². The molecule has 1 aliphatic heterocycles. The van der Waals surface area contributed by atoms with Gasteiger partial charge in [0.05, 0.1) is 7.11 Å². The Balaban J connectivity index is 2.09. The van der Waals surface area contributed by atoms with Crippen LogP contribution in [0.5, 0.6) is 0 Å². The van der Waals surface area contributed by atoms with Crippen LogP contribution in [0.2, 0.25) is 0 Å². The largest absolute Gasteiger partial charge is 0.467 e. The summed E-state index contributed by atoms with van der Waals surface area (Å²) < 4.78 is 9.83. The van der Waals surface area contributed by atoms with E-state index in [4.69, 9.17) is 4.74 Å². The van der Waals surface area contributed by atoms with Gasteiger partial charge >= 0.3 is 5.97 Å². The summed E-state index contributed by atoms with van der Waals surface area (Å²) >= 11 is 0. The van der Waals surface area contributed by atoms with Crippen molar-refractivity contribution in [3.05, 3.63) is 35.4 Å². The van der Waals surface area contributed by atoms with E-state index in [0.29, 0.717) is 0 Å². The average Bonchev–Trinajstić information content (AvgIpc) is 2.96. The second-order valence-corrected chi connectivity index (χ2v) is 3.41. The molecule has 1 aliphatic rings. The van der Waals surface area contributed by atoms with Crippen LogP contribution >= 0.6 is 0 Å². The molecule has 2 rings (SSSR count). The number of ether oxygens (including phenoxy) is 2. The van der Waals surface area contributed by atoms with Crippen LogP contribution in [0.3, 0.4) is 0 Å². The van der Waals surface area contributed by atoms with Crippen molar-refractivity contribution in [2.24, 2.45) is 0 Å². The normalized spacial score (nSPS) is 24.4. The van der Waals surface area contributed by atoms with Gasteiger partial charge < -0.3 is 9.47 Å². The number of hydrogen-bond donors (Lipinski definition) is 0. The number of methoxy groups -OCH3 is 1. The van der Waals surface area contributed by atoms with Gasteiger partial charge in [0.25, 0.3) is 0 Å². The molecule has 0 spiro atoms. The quantitative estimate of drug-likeness (QED) is 0.527. The third-order valence-corrected chi connectivity index (χ3v) is 2.30. The van der Waals surface area contributed by atoms with Crippen molar-refractivity contribution in [3.63, 3.8) is 0 Å². The first-order valence-corrected chi connectivity index (χ1v) is 4.52. The summed E-state index contributed by atoms with van der Waals surface area (Å²) in [5.74, 6) is -0.295. The Hall–Kier alpha value is -1.35. The van der Waals surface area contributed by atoms with E-state index in [0.717, 1.165) is 5.56 Å². The van der Waals surface area contributed by atoms with Crippen LogP contribution < -0.4 is 0 Å². The molecule has 0 aromatic heterocycles. The van der Waals surface area contributed by atoms with Gasteiger partial charge in [-0.05, 0) is 12.5 Å². The lowest BCUT2D eigenvalue weighted by Gasteiger charge is -1.97. The summed E-state index contributed by atoms with van der Waals surface area (Å²) in [6.45, 7) is 2.01. The Labute approximate surface area is 82.6 Å². The number of benzene rings is 1. The van der Waals surface area contributed by atoms with Gasteiger partial charge in [0.1, 0.15) is 6.10 Å². The van der Waals surface area contributed by atoms with Crippen LogP contribution in [-0.4, -0.2) is 19.2 Å². The van der Waals surface area contributed by atoms with Crippen LogP contribution in [0.25, 0.3) is 0 Å². The fraction of sp³-hybridized carbons (Fsp3) is 0.364. The number of epoxide rings is 1. The SMILES string of the molecule is COC(=O)[C@@H]1O[C@@H]1c1cccc(C)c1. The molecule has 1 fully saturated rings. The summed E-state index contributed by atoms with van der Waals surface area (Å²) in [4.78, 5) is 11.1. The first kappa shape index (κ1) is 9.21. The molecule has 0 amide bonds. The van der Waals surface area contributed by atoms with E-state index < -0.39 is 6.10 Å². The molecule has 3 nitrogen and oxygen atoms in total. The molecule has 0 N–H and O–H groups in total. The zero-order chi connectivity index (χ0) is 10.1. The second-order valence-electron chi connectivity index (χ2n) is 3.41. The van der Waals surface area contributed by atoms with Crippen LogP contribution in [0, 0.1) is 6.92 Å². The molecule has 14 heavy (non-hydrogen) atoms. The zero-order valence-corrected chi connectivity index (χ0v) is 8.19. The number of esters is 1. The van der Waals surface area contributed by atoms with Crippen molar-refractivity contribution in [2.75, 3.05) is 7.11 Å². The number of carbonyl (C=O) groups excluding carboxylic acids is 1. The number of aryl methyl sites for hydroxylation is 1. The Morgan fingerprint density at radius 2 is 2.29 bits per heavy atom. The van der Waals surface area contributed by atoms with Gasteiger partial charge in [-0.2, -0.15) is 0 Å². The Bertz CT molecular complexity index is 359. The lowest BCUT2D eigenvalue weighted by Crippen LogP contribution is -2.09. The van der Waals surface area contributed by atoms with Crippen molar-refractivity contribution < 1.29 is 14.3 Å². The van der Waals surface area contributed by atoms with Crippen molar-refractivity contribution >= 4 is 5.97 Å². The molecule has 2 atom stereocenters. The van der Waals surface area contributed by atoms with Gasteiger partial charge in [-0.3, -0.25) is 0 Å². The minimum atomic E-state index is -0.401. The van der Waals surface area contributed by atoms with Crippen LogP contribution in [-0.2, 0) is 14.3 Å². The molecular weight excluding hydrogens is 180 g/mol. The molecule has 0 radical (unpaired) electrons. The summed E-state index contributed by atoms with van der Waals surface area (Å²) in [5, 5.41) is 0. The maximum Gasteiger partial charge on any atom is 0.338 e. The van der Waals surface area contributed by atoms with E-state index in [2.05, 4.69) is 4.74 Å². The third kappa shape index (κ3) is 1.63. The van der Waals surface area contributed by atoms with E-state index in [1.165, 1.54) is 12.7 Å². The van der Waals surface area contributed by atoms with Gasteiger partial charge in [-0.25, -0.2) is 4.79 Å². The molecule has 0 bridgehead atoms. The number of rotatable bonds is 2. The molecule has 1 heterocycles. The average molecular weight is 192 g/mol. The van der Waals surface area contributed by atoms with Crippen molar-refractivity contribution in [2.45, 2.75) is 19.1 Å². The summed E-state index contributed by atoms with van der Waals surface area (Å²) in [6.07, 6.45) is -0.510. The van der Waals surface area contributed by atoms with Crippen LogP contribution in [0.1, 0.15) is 17.2 Å². The smallest absolute Gasteiger partial charge is 0.338 e. The molecule has 1 saturated heterocycles. The molecule has 3 heteroatoms. The van der Waals surface area contributed by atoms with Crippen LogP contribution in [0.4, 0.5) is 0 Å². The monoisotopic (exact) mass is 192 g/mol. The van der Waals surface area contributed by atoms with Crippen molar-refractivity contribution in [3.8, 4) is 0 Å². The molecule has 0 saturated carbocycles. The van der Waals surface area contributed by atoms with Gasteiger partial charge in [-0.1, -0.05) is 29.8 Å². The van der Waals surface area contributed by atoms with Crippen LogP contribution in [0.15, 0.2) is 24.3 Å². The second kappa shape index (κ2) is 3.42. The predicted molar refractivity (Wildman–Crippen MR) is 50.8 cm³/mol. The molecule has 1 aromatic rings. The highest BCUT2D eigenvalue weighted by Crippen LogP contribution is 2.39. The highest BCUT2D eigenvalue weighted by Gasteiger charge is 2.47. The molecule has 0 aliphatic carbocycles. The highest BCUT2D eigenvalue weighted by atomic mass is 16.6. The fourth-order valence-electron chi connectivity index (χ4n) is 1.51. The first-order chi connectivity index (χ1) is 6.72. The van der Waals surface area contributed by atoms with E-state index in [1.54, 1.807) is 0 Å². The maximum absolute atomic E-state index is 11.1. The zero-order valence-electron chi connectivity index (χ0n) is 8.19. The van der Waals surface area contributed by atoms with E-state index in [-0.39, 0.29) is 12.1 Å². The number of hydrogen-bond acceptors (Lipinski definition) is 3. The standard InChI is InChI=1S/C11H12O3/c1-7-4-3-5-8(6-7)9-10(14-9)11(12)13-2/h3-6,9-10H,1-2H3/t9-,10-/m1/s1. The minimum Gasteiger partial charge on any atom is -0.467 e. The van der Waals surface area contributed by atoms with Gasteiger partial charge in [0.2, 0.25) is 0 Å². The Morgan fingerprint density at radius 3 is 2.93 bits per heavy atom. The van der Waals surface area contributed by atoms with E-state index in [9.17, 15) is 4.79 Å². The number of carbonyl (C=O) groups is 1. The third-order valence-electron chi connectivity index (χ3n) is 2.30. The van der Waals surface area contributed by atoms with Crippen molar-refractivity contribution in [1.82, 2.24) is 0 Å². The first-order valence-electron chi connectivity index (χ1n) is 4.52.